The largest absolute Gasteiger partial charge is 0.382 e. The highest BCUT2D eigenvalue weighted by atomic mass is 79.9. The van der Waals surface area contributed by atoms with Gasteiger partial charge in [0.25, 0.3) is 0 Å². The first kappa shape index (κ1) is 12.9. The molecular weight excluding hydrogens is 316 g/mol. The average Bonchev–Trinajstić information content (AvgIpc) is 2.82. The molecule has 2 heterocycles. The van der Waals surface area contributed by atoms with Crippen LogP contribution < -0.4 is 5.73 Å². The predicted octanol–water partition coefficient (Wildman–Crippen LogP) is 3.79. The van der Waals surface area contributed by atoms with Gasteiger partial charge in [0, 0.05) is 22.4 Å². The molecule has 2 aromatic heterocycles. The first-order chi connectivity index (χ1) is 9.65. The minimum Gasteiger partial charge on any atom is -0.382 e. The zero-order valence-corrected chi connectivity index (χ0v) is 12.5. The van der Waals surface area contributed by atoms with Gasteiger partial charge >= 0.3 is 0 Å². The number of pyridine rings is 1. The molecule has 0 unspecified atom stereocenters. The number of rotatable bonds is 2. The molecule has 0 amide bonds. The van der Waals surface area contributed by atoms with Crippen LogP contribution >= 0.6 is 15.9 Å². The number of aromatic amines is 1. The van der Waals surface area contributed by atoms with Crippen molar-refractivity contribution in [1.82, 2.24) is 15.2 Å². The van der Waals surface area contributed by atoms with Crippen LogP contribution in [0.5, 0.6) is 0 Å². The van der Waals surface area contributed by atoms with Gasteiger partial charge in [-0.25, -0.2) is 0 Å². The lowest BCUT2D eigenvalue weighted by molar-refractivity contribution is 1.10. The summed E-state index contributed by atoms with van der Waals surface area (Å²) in [5.74, 6) is 0.490. The van der Waals surface area contributed by atoms with Crippen molar-refractivity contribution < 1.29 is 0 Å². The molecule has 0 saturated heterocycles. The second-order valence-electron chi connectivity index (χ2n) is 4.62. The van der Waals surface area contributed by atoms with Crippen LogP contribution in [0.25, 0.3) is 22.4 Å². The summed E-state index contributed by atoms with van der Waals surface area (Å²) < 4.78 is 1.03. The molecule has 3 rings (SSSR count). The molecule has 0 fully saturated rings. The van der Waals surface area contributed by atoms with Gasteiger partial charge in [0.15, 0.2) is 5.82 Å². The molecule has 3 aromatic rings. The van der Waals surface area contributed by atoms with E-state index in [9.17, 15) is 0 Å². The van der Waals surface area contributed by atoms with E-state index in [2.05, 4.69) is 37.2 Å². The van der Waals surface area contributed by atoms with E-state index in [-0.39, 0.29) is 0 Å². The Bertz CT molecular complexity index is 747. The summed E-state index contributed by atoms with van der Waals surface area (Å²) >= 11 is 3.44. The number of halogens is 1. The fraction of sp³-hybridized carbons (Fsp3) is 0.0667. The Kier molecular flexibility index (Phi) is 3.28. The van der Waals surface area contributed by atoms with Crippen molar-refractivity contribution in [2.75, 3.05) is 5.73 Å². The number of nitrogens with zero attached hydrogens (tertiary/aromatic N) is 2. The van der Waals surface area contributed by atoms with Gasteiger partial charge in [-0.05, 0) is 36.2 Å². The van der Waals surface area contributed by atoms with Crippen LogP contribution in [0, 0.1) is 6.92 Å². The van der Waals surface area contributed by atoms with Gasteiger partial charge < -0.3 is 5.73 Å². The van der Waals surface area contributed by atoms with Crippen molar-refractivity contribution in [3.63, 3.8) is 0 Å². The first-order valence-electron chi connectivity index (χ1n) is 6.17. The first-order valence-corrected chi connectivity index (χ1v) is 6.96. The van der Waals surface area contributed by atoms with E-state index in [1.165, 1.54) is 0 Å². The van der Waals surface area contributed by atoms with Gasteiger partial charge in [0.1, 0.15) is 0 Å². The number of benzene rings is 1. The van der Waals surface area contributed by atoms with Crippen LogP contribution in [-0.2, 0) is 0 Å². The van der Waals surface area contributed by atoms with Gasteiger partial charge in [-0.2, -0.15) is 5.10 Å². The van der Waals surface area contributed by atoms with Gasteiger partial charge in [0.05, 0.1) is 11.3 Å². The standard InChI is InChI=1S/C15H13BrN4/c1-9-6-11(8-18-7-9)14-13(15(17)20-19-14)10-2-4-12(16)5-3-10/h2-8H,1H3,(H3,17,19,20). The summed E-state index contributed by atoms with van der Waals surface area (Å²) in [6, 6.07) is 10.1. The van der Waals surface area contributed by atoms with Crippen molar-refractivity contribution in [2.45, 2.75) is 6.92 Å². The SMILES string of the molecule is Cc1cncc(-c2[nH]nc(N)c2-c2ccc(Br)cc2)c1. The predicted molar refractivity (Wildman–Crippen MR) is 84.1 cm³/mol. The highest BCUT2D eigenvalue weighted by Gasteiger charge is 2.15. The molecular formula is C15H13BrN4. The van der Waals surface area contributed by atoms with Crippen LogP contribution in [0.3, 0.4) is 0 Å². The van der Waals surface area contributed by atoms with Crippen LogP contribution in [0.2, 0.25) is 0 Å². The molecule has 0 atom stereocenters. The van der Waals surface area contributed by atoms with E-state index >= 15 is 0 Å². The Morgan fingerprint density at radius 3 is 2.55 bits per heavy atom. The molecule has 0 spiro atoms. The van der Waals surface area contributed by atoms with Crippen molar-refractivity contribution >= 4 is 21.7 Å². The highest BCUT2D eigenvalue weighted by molar-refractivity contribution is 9.10. The van der Waals surface area contributed by atoms with E-state index in [0.717, 1.165) is 32.4 Å². The maximum atomic E-state index is 6.01. The maximum Gasteiger partial charge on any atom is 0.153 e. The van der Waals surface area contributed by atoms with Crippen LogP contribution in [0.1, 0.15) is 5.56 Å². The lowest BCUT2D eigenvalue weighted by atomic mass is 10.0. The molecule has 4 nitrogen and oxygen atoms in total. The van der Waals surface area contributed by atoms with E-state index in [0.29, 0.717) is 5.82 Å². The number of H-pyrrole nitrogens is 1. The van der Waals surface area contributed by atoms with Crippen molar-refractivity contribution in [3.05, 3.63) is 52.8 Å². The van der Waals surface area contributed by atoms with Gasteiger partial charge in [-0.3, -0.25) is 10.1 Å². The summed E-state index contributed by atoms with van der Waals surface area (Å²) in [5.41, 5.74) is 10.9. The zero-order chi connectivity index (χ0) is 14.1. The van der Waals surface area contributed by atoms with Crippen molar-refractivity contribution in [3.8, 4) is 22.4 Å². The minimum absolute atomic E-state index is 0.490. The molecule has 0 saturated carbocycles. The molecule has 20 heavy (non-hydrogen) atoms. The Balaban J connectivity index is 2.17. The molecule has 0 aliphatic rings. The van der Waals surface area contributed by atoms with Crippen molar-refractivity contribution in [1.29, 1.82) is 0 Å². The summed E-state index contributed by atoms with van der Waals surface area (Å²) in [6.45, 7) is 2.01. The average molecular weight is 329 g/mol. The lowest BCUT2D eigenvalue weighted by Crippen LogP contribution is -1.89. The Morgan fingerprint density at radius 1 is 1.10 bits per heavy atom. The molecule has 0 bridgehead atoms. The lowest BCUT2D eigenvalue weighted by Gasteiger charge is -2.05. The monoisotopic (exact) mass is 328 g/mol. The molecule has 0 radical (unpaired) electrons. The third-order valence-electron chi connectivity index (χ3n) is 3.09. The molecule has 3 N–H and O–H groups in total. The summed E-state index contributed by atoms with van der Waals surface area (Å²) in [6.07, 6.45) is 3.63. The molecule has 5 heteroatoms. The quantitative estimate of drug-likeness (QED) is 0.752. The molecule has 1 aromatic carbocycles. The molecule has 0 aliphatic heterocycles. The number of aryl methyl sites for hydroxylation is 1. The van der Waals surface area contributed by atoms with E-state index in [4.69, 9.17) is 5.73 Å². The zero-order valence-electron chi connectivity index (χ0n) is 10.9. The van der Waals surface area contributed by atoms with Gasteiger partial charge in [-0.1, -0.05) is 28.1 Å². The van der Waals surface area contributed by atoms with E-state index in [1.807, 2.05) is 43.6 Å². The summed E-state index contributed by atoms with van der Waals surface area (Å²) in [7, 11) is 0. The fourth-order valence-electron chi connectivity index (χ4n) is 2.17. The topological polar surface area (TPSA) is 67.6 Å². The number of nitrogen functional groups attached to an aromatic ring is 1. The second-order valence-corrected chi connectivity index (χ2v) is 5.53. The van der Waals surface area contributed by atoms with Crippen LogP contribution in [-0.4, -0.2) is 15.2 Å². The Morgan fingerprint density at radius 2 is 1.85 bits per heavy atom. The number of hydrogen-bond acceptors (Lipinski definition) is 3. The third-order valence-corrected chi connectivity index (χ3v) is 3.62. The number of hydrogen-bond donors (Lipinski definition) is 2. The molecule has 100 valence electrons. The summed E-state index contributed by atoms with van der Waals surface area (Å²) in [5, 5.41) is 7.14. The van der Waals surface area contributed by atoms with E-state index < -0.39 is 0 Å². The smallest absolute Gasteiger partial charge is 0.153 e. The summed E-state index contributed by atoms with van der Waals surface area (Å²) in [4.78, 5) is 4.22. The second kappa shape index (κ2) is 5.09. The Hall–Kier alpha value is -2.14. The number of nitrogens with two attached hydrogens (primary N) is 1. The highest BCUT2D eigenvalue weighted by Crippen LogP contribution is 2.35. The van der Waals surface area contributed by atoms with Crippen molar-refractivity contribution in [2.24, 2.45) is 0 Å². The minimum atomic E-state index is 0.490. The normalized spacial score (nSPS) is 10.7. The molecule has 0 aliphatic carbocycles. The van der Waals surface area contributed by atoms with Crippen LogP contribution in [0.15, 0.2) is 47.2 Å². The third kappa shape index (κ3) is 2.32. The van der Waals surface area contributed by atoms with Gasteiger partial charge in [0.2, 0.25) is 0 Å². The number of nitrogens with one attached hydrogen (secondary N) is 1. The van der Waals surface area contributed by atoms with Gasteiger partial charge in [-0.15, -0.1) is 0 Å². The fourth-order valence-corrected chi connectivity index (χ4v) is 2.43. The number of aromatic nitrogens is 3. The van der Waals surface area contributed by atoms with Crippen LogP contribution in [0.4, 0.5) is 5.82 Å². The Labute approximate surface area is 125 Å². The van der Waals surface area contributed by atoms with E-state index in [1.54, 1.807) is 0 Å². The number of anilines is 1. The maximum absolute atomic E-state index is 6.01.